The maximum absolute atomic E-state index is 12.2. The van der Waals surface area contributed by atoms with Gasteiger partial charge in [-0.1, -0.05) is 38.8 Å². The molecule has 0 radical (unpaired) electrons. The fourth-order valence-corrected chi connectivity index (χ4v) is 2.61. The number of unbranched alkanes of at least 4 members (excludes halogenated alkanes) is 2. The second-order valence-electron chi connectivity index (χ2n) is 5.55. The SMILES string of the molecule is CCCCN(CCCC)CN1C(=O)C(=O)c2ccccc21. The van der Waals surface area contributed by atoms with Crippen LogP contribution in [0.15, 0.2) is 24.3 Å². The van der Waals surface area contributed by atoms with Gasteiger partial charge in [-0.15, -0.1) is 0 Å². The van der Waals surface area contributed by atoms with Crippen LogP contribution in [-0.2, 0) is 4.79 Å². The molecule has 4 heteroatoms. The summed E-state index contributed by atoms with van der Waals surface area (Å²) in [5.74, 6) is -0.772. The van der Waals surface area contributed by atoms with Crippen molar-refractivity contribution in [2.45, 2.75) is 39.5 Å². The average Bonchev–Trinajstić information content (AvgIpc) is 2.75. The number of hydrogen-bond donors (Lipinski definition) is 0. The number of para-hydroxylation sites is 1. The van der Waals surface area contributed by atoms with Gasteiger partial charge in [0.2, 0.25) is 0 Å². The smallest absolute Gasteiger partial charge is 0.291 e. The quantitative estimate of drug-likeness (QED) is 0.690. The summed E-state index contributed by atoms with van der Waals surface area (Å²) in [6, 6.07) is 7.27. The Kier molecular flexibility index (Phi) is 5.51. The van der Waals surface area contributed by atoms with E-state index in [0.29, 0.717) is 12.2 Å². The van der Waals surface area contributed by atoms with Crippen molar-refractivity contribution in [3.05, 3.63) is 29.8 Å². The van der Waals surface area contributed by atoms with Gasteiger partial charge in [0.1, 0.15) is 0 Å². The van der Waals surface area contributed by atoms with Gasteiger partial charge in [0, 0.05) is 0 Å². The van der Waals surface area contributed by atoms with E-state index in [1.54, 1.807) is 17.0 Å². The standard InChI is InChI=1S/C17H24N2O2/c1-3-5-11-18(12-6-4-2)13-19-15-10-8-7-9-14(15)16(20)17(19)21/h7-10H,3-6,11-13H2,1-2H3. The number of rotatable bonds is 8. The summed E-state index contributed by atoms with van der Waals surface area (Å²) in [6.07, 6.45) is 4.49. The third-order valence-corrected chi connectivity index (χ3v) is 3.88. The van der Waals surface area contributed by atoms with E-state index in [1.165, 1.54) is 0 Å². The van der Waals surface area contributed by atoms with Crippen LogP contribution < -0.4 is 4.90 Å². The monoisotopic (exact) mass is 288 g/mol. The van der Waals surface area contributed by atoms with E-state index in [4.69, 9.17) is 0 Å². The topological polar surface area (TPSA) is 40.6 Å². The van der Waals surface area contributed by atoms with Crippen molar-refractivity contribution >= 4 is 17.4 Å². The molecule has 0 unspecified atom stereocenters. The Morgan fingerprint density at radius 2 is 1.62 bits per heavy atom. The van der Waals surface area contributed by atoms with Crippen molar-refractivity contribution in [3.8, 4) is 0 Å². The molecule has 1 aromatic carbocycles. The summed E-state index contributed by atoms with van der Waals surface area (Å²) in [7, 11) is 0. The summed E-state index contributed by atoms with van der Waals surface area (Å²) < 4.78 is 0. The van der Waals surface area contributed by atoms with Crippen molar-refractivity contribution in [1.29, 1.82) is 0 Å². The average molecular weight is 288 g/mol. The number of anilines is 1. The number of ketones is 1. The van der Waals surface area contributed by atoms with Crippen molar-refractivity contribution in [2.24, 2.45) is 0 Å². The molecule has 1 heterocycles. The van der Waals surface area contributed by atoms with E-state index in [9.17, 15) is 9.59 Å². The third-order valence-electron chi connectivity index (χ3n) is 3.88. The number of hydrogen-bond acceptors (Lipinski definition) is 3. The first-order valence-electron chi connectivity index (χ1n) is 7.86. The predicted molar refractivity (Wildman–Crippen MR) is 84.5 cm³/mol. The molecule has 114 valence electrons. The van der Waals surface area contributed by atoms with Gasteiger partial charge >= 0.3 is 5.91 Å². The van der Waals surface area contributed by atoms with Crippen LogP contribution in [0.4, 0.5) is 5.69 Å². The van der Waals surface area contributed by atoms with Gasteiger partial charge in [-0.05, 0) is 38.1 Å². The third kappa shape index (κ3) is 3.50. The molecule has 0 aliphatic carbocycles. The lowest BCUT2D eigenvalue weighted by molar-refractivity contribution is -0.114. The maximum Gasteiger partial charge on any atom is 0.300 e. The summed E-state index contributed by atoms with van der Waals surface area (Å²) in [5.41, 5.74) is 1.29. The van der Waals surface area contributed by atoms with Gasteiger partial charge < -0.3 is 0 Å². The van der Waals surface area contributed by atoms with Crippen LogP contribution in [0.25, 0.3) is 0 Å². The van der Waals surface area contributed by atoms with Crippen LogP contribution in [0.3, 0.4) is 0 Å². The van der Waals surface area contributed by atoms with E-state index in [0.717, 1.165) is 44.5 Å². The van der Waals surface area contributed by atoms with E-state index >= 15 is 0 Å². The number of Topliss-reactive ketones (excluding diaryl/α,β-unsaturated/α-hetero) is 1. The fourth-order valence-electron chi connectivity index (χ4n) is 2.61. The molecule has 1 aliphatic heterocycles. The van der Waals surface area contributed by atoms with Gasteiger partial charge in [-0.2, -0.15) is 0 Å². The Morgan fingerprint density at radius 3 is 2.24 bits per heavy atom. The number of carbonyl (C=O) groups excluding carboxylic acids is 2. The highest BCUT2D eigenvalue weighted by molar-refractivity contribution is 6.52. The van der Waals surface area contributed by atoms with E-state index in [1.807, 2.05) is 12.1 Å². The minimum absolute atomic E-state index is 0.378. The first-order chi connectivity index (χ1) is 10.2. The largest absolute Gasteiger partial charge is 0.300 e. The van der Waals surface area contributed by atoms with Gasteiger partial charge in [0.15, 0.2) is 0 Å². The van der Waals surface area contributed by atoms with Gasteiger partial charge in [-0.25, -0.2) is 0 Å². The molecule has 1 aliphatic rings. The first kappa shape index (κ1) is 15.7. The molecule has 1 amide bonds. The summed E-state index contributed by atoms with van der Waals surface area (Å²) in [4.78, 5) is 28.1. The molecule has 0 saturated heterocycles. The van der Waals surface area contributed by atoms with Crippen LogP contribution in [0.1, 0.15) is 49.9 Å². The molecule has 2 rings (SSSR count). The summed E-state index contributed by atoms with van der Waals surface area (Å²) >= 11 is 0. The normalized spacial score (nSPS) is 14.1. The number of carbonyl (C=O) groups is 2. The molecule has 4 nitrogen and oxygen atoms in total. The Bertz CT molecular complexity index is 505. The zero-order chi connectivity index (χ0) is 15.2. The van der Waals surface area contributed by atoms with Crippen molar-refractivity contribution in [3.63, 3.8) is 0 Å². The molecule has 0 N–H and O–H groups in total. The predicted octanol–water partition coefficient (Wildman–Crippen LogP) is 3.08. The second kappa shape index (κ2) is 7.36. The number of benzene rings is 1. The van der Waals surface area contributed by atoms with E-state index in [-0.39, 0.29) is 5.78 Å². The van der Waals surface area contributed by atoms with Gasteiger partial charge in [0.05, 0.1) is 17.9 Å². The van der Waals surface area contributed by atoms with Crippen molar-refractivity contribution in [1.82, 2.24) is 4.90 Å². The Hall–Kier alpha value is -1.68. The number of fused-ring (bicyclic) bond motifs is 1. The first-order valence-corrected chi connectivity index (χ1v) is 7.86. The van der Waals surface area contributed by atoms with Crippen LogP contribution in [0.2, 0.25) is 0 Å². The summed E-state index contributed by atoms with van der Waals surface area (Å²) in [5, 5.41) is 0. The Morgan fingerprint density at radius 1 is 1.00 bits per heavy atom. The Labute approximate surface area is 126 Å². The number of amides is 1. The highest BCUT2D eigenvalue weighted by atomic mass is 16.2. The summed E-state index contributed by atoms with van der Waals surface area (Å²) in [6.45, 7) is 6.78. The zero-order valence-corrected chi connectivity index (χ0v) is 13.0. The minimum Gasteiger partial charge on any atom is -0.291 e. The molecule has 0 bridgehead atoms. The maximum atomic E-state index is 12.2. The molecule has 0 saturated carbocycles. The Balaban J connectivity index is 2.12. The zero-order valence-electron chi connectivity index (χ0n) is 13.0. The molecule has 21 heavy (non-hydrogen) atoms. The van der Waals surface area contributed by atoms with E-state index in [2.05, 4.69) is 18.7 Å². The van der Waals surface area contributed by atoms with Crippen molar-refractivity contribution in [2.75, 3.05) is 24.7 Å². The fraction of sp³-hybridized carbons (Fsp3) is 0.529. The van der Waals surface area contributed by atoms with Crippen LogP contribution >= 0.6 is 0 Å². The lowest BCUT2D eigenvalue weighted by atomic mass is 10.1. The highest BCUT2D eigenvalue weighted by Crippen LogP contribution is 2.28. The van der Waals surface area contributed by atoms with Crippen LogP contribution in [0.5, 0.6) is 0 Å². The second-order valence-corrected chi connectivity index (χ2v) is 5.55. The van der Waals surface area contributed by atoms with Crippen LogP contribution in [0, 0.1) is 0 Å². The van der Waals surface area contributed by atoms with E-state index < -0.39 is 5.91 Å². The molecule has 0 fully saturated rings. The molecule has 0 atom stereocenters. The molecule has 0 aromatic heterocycles. The molecule has 0 spiro atoms. The number of nitrogens with zero attached hydrogens (tertiary/aromatic N) is 2. The van der Waals surface area contributed by atoms with Crippen molar-refractivity contribution < 1.29 is 9.59 Å². The lowest BCUT2D eigenvalue weighted by Crippen LogP contribution is -2.41. The minimum atomic E-state index is -0.394. The highest BCUT2D eigenvalue weighted by Gasteiger charge is 2.35. The van der Waals surface area contributed by atoms with Gasteiger partial charge in [-0.3, -0.25) is 19.4 Å². The molecular formula is C17H24N2O2. The molecular weight excluding hydrogens is 264 g/mol. The lowest BCUT2D eigenvalue weighted by Gasteiger charge is -2.27. The van der Waals surface area contributed by atoms with Gasteiger partial charge in [0.25, 0.3) is 5.78 Å². The molecule has 1 aromatic rings. The van der Waals surface area contributed by atoms with Crippen LogP contribution in [-0.4, -0.2) is 36.3 Å².